The Hall–Kier alpha value is -0.666. The molecule has 2 rings (SSSR count). The van der Waals surface area contributed by atoms with Gasteiger partial charge in [0.1, 0.15) is 11.4 Å². The van der Waals surface area contributed by atoms with Gasteiger partial charge in [-0.3, -0.25) is 0 Å². The Labute approximate surface area is 194 Å². The predicted octanol–water partition coefficient (Wildman–Crippen LogP) is 6.09. The zero-order chi connectivity index (χ0) is 23.6. The maximum Gasteiger partial charge on any atom is 0.229 e. The molecule has 178 valence electrons. The maximum atomic E-state index is 6.80. The first-order valence-electron chi connectivity index (χ1n) is 11.9. The highest BCUT2D eigenvalue weighted by atomic mass is 28.3. The Kier molecular flexibility index (Phi) is 8.64. The van der Waals surface area contributed by atoms with Gasteiger partial charge in [0.15, 0.2) is 9.04 Å². The van der Waals surface area contributed by atoms with Gasteiger partial charge in [-0.2, -0.15) is 0 Å². The molecule has 6 heteroatoms. The van der Waals surface area contributed by atoms with Crippen LogP contribution in [0.15, 0.2) is 12.1 Å². The van der Waals surface area contributed by atoms with Crippen LogP contribution >= 0.6 is 0 Å². The van der Waals surface area contributed by atoms with E-state index in [2.05, 4.69) is 79.9 Å². The molecule has 0 aromatic heterocycles. The van der Waals surface area contributed by atoms with Crippen LogP contribution in [0.4, 0.5) is 0 Å². The Balaban J connectivity index is 2.91. The largest absolute Gasteiger partial charge is 0.546 e. The average Bonchev–Trinajstić information content (AvgIpc) is 2.64. The molecule has 0 radical (unpaired) electrons. The van der Waals surface area contributed by atoms with Crippen molar-refractivity contribution in [1.82, 2.24) is 0 Å². The molecule has 31 heavy (non-hydrogen) atoms. The second-order valence-corrected chi connectivity index (χ2v) is 16.3. The van der Waals surface area contributed by atoms with Gasteiger partial charge in [-0.15, -0.1) is 0 Å². The van der Waals surface area contributed by atoms with E-state index in [9.17, 15) is 0 Å². The molecule has 1 saturated heterocycles. The fourth-order valence-electron chi connectivity index (χ4n) is 4.50. The van der Waals surface area contributed by atoms with E-state index in [-0.39, 0.29) is 22.5 Å². The molecule has 0 saturated carbocycles. The molecule has 0 bridgehead atoms. The first kappa shape index (κ1) is 26.6. The Morgan fingerprint density at radius 1 is 0.935 bits per heavy atom. The summed E-state index contributed by atoms with van der Waals surface area (Å²) in [4.78, 5) is 0. The van der Waals surface area contributed by atoms with Crippen LogP contribution in [-0.4, -0.2) is 38.4 Å². The lowest BCUT2D eigenvalue weighted by Crippen LogP contribution is -2.38. The van der Waals surface area contributed by atoms with Gasteiger partial charge in [-0.1, -0.05) is 53.7 Å². The zero-order valence-corrected chi connectivity index (χ0v) is 24.2. The molecule has 1 atom stereocenters. The van der Waals surface area contributed by atoms with Gasteiger partial charge in [0.2, 0.25) is 9.04 Å². The molecule has 1 aliphatic heterocycles. The van der Waals surface area contributed by atoms with Crippen LogP contribution in [0, 0.1) is 5.41 Å². The van der Waals surface area contributed by atoms with E-state index in [1.54, 1.807) is 0 Å². The second kappa shape index (κ2) is 10.1. The summed E-state index contributed by atoms with van der Waals surface area (Å²) in [7, 11) is -0.853. The number of benzene rings is 1. The number of methoxy groups -OCH3 is 1. The van der Waals surface area contributed by atoms with E-state index in [0.717, 1.165) is 18.6 Å². The highest BCUT2D eigenvalue weighted by Crippen LogP contribution is 2.51. The third-order valence-corrected chi connectivity index (χ3v) is 7.52. The molecule has 0 spiro atoms. The first-order valence-corrected chi connectivity index (χ1v) is 17.4. The Morgan fingerprint density at radius 2 is 1.52 bits per heavy atom. The molecule has 1 unspecified atom stereocenters. The van der Waals surface area contributed by atoms with Gasteiger partial charge in [-0.05, 0) is 42.6 Å². The monoisotopic (exact) mass is 466 g/mol. The fraction of sp³-hybridized carbons (Fsp3) is 0.760. The minimum atomic E-state index is -1.39. The van der Waals surface area contributed by atoms with Gasteiger partial charge in [0.05, 0.1) is 6.10 Å². The van der Waals surface area contributed by atoms with Gasteiger partial charge in [0.25, 0.3) is 0 Å². The smallest absolute Gasteiger partial charge is 0.229 e. The van der Waals surface area contributed by atoms with Gasteiger partial charge in [0, 0.05) is 44.3 Å². The van der Waals surface area contributed by atoms with Crippen LogP contribution in [0.5, 0.6) is 5.75 Å². The standard InChI is InChI=1S/C25H46O4Si2/c1-23(2,3)18-12-13-19(25(26-7)14-16-27-17-15-25)21(28-30(8)9)20(18)22(24(4,5)6)29-31(10)11/h12-13,22,30-31H,14-17H2,1-11H3. The molecule has 0 aliphatic carbocycles. The van der Waals surface area contributed by atoms with Crippen molar-refractivity contribution in [2.75, 3.05) is 20.3 Å². The minimum Gasteiger partial charge on any atom is -0.546 e. The van der Waals surface area contributed by atoms with Crippen LogP contribution in [-0.2, 0) is 24.9 Å². The summed E-state index contributed by atoms with van der Waals surface area (Å²) in [5.41, 5.74) is 3.27. The van der Waals surface area contributed by atoms with Crippen molar-refractivity contribution in [2.45, 2.75) is 97.7 Å². The summed E-state index contributed by atoms with van der Waals surface area (Å²) in [6.45, 7) is 24.1. The van der Waals surface area contributed by atoms with Crippen LogP contribution in [0.3, 0.4) is 0 Å². The summed E-state index contributed by atoms with van der Waals surface area (Å²) in [5, 5.41) is 0. The molecule has 1 fully saturated rings. The van der Waals surface area contributed by atoms with Crippen molar-refractivity contribution >= 4 is 18.1 Å². The number of hydrogen-bond acceptors (Lipinski definition) is 4. The van der Waals surface area contributed by atoms with Crippen LogP contribution < -0.4 is 4.43 Å². The lowest BCUT2D eigenvalue weighted by Gasteiger charge is -2.42. The van der Waals surface area contributed by atoms with E-state index in [0.29, 0.717) is 13.2 Å². The SMILES string of the molecule is COC1(c2ccc(C(C)(C)C)c(C(O[SiH](C)C)C(C)(C)C)c2O[SiH](C)C)CCOCC1. The summed E-state index contributed by atoms with van der Waals surface area (Å²) >= 11 is 0. The van der Waals surface area contributed by atoms with Crippen LogP contribution in [0.25, 0.3) is 0 Å². The van der Waals surface area contributed by atoms with Crippen molar-refractivity contribution in [3.8, 4) is 5.75 Å². The first-order chi connectivity index (χ1) is 14.2. The molecule has 1 aliphatic rings. The lowest BCUT2D eigenvalue weighted by molar-refractivity contribution is -0.0956. The zero-order valence-electron chi connectivity index (χ0n) is 21.8. The molecule has 0 amide bonds. The van der Waals surface area contributed by atoms with Gasteiger partial charge in [-0.25, -0.2) is 0 Å². The molecule has 1 aromatic carbocycles. The number of rotatable bonds is 7. The molecule has 1 heterocycles. The summed E-state index contributed by atoms with van der Waals surface area (Å²) in [6.07, 6.45) is 1.66. The van der Waals surface area contributed by atoms with Crippen molar-refractivity contribution in [1.29, 1.82) is 0 Å². The normalized spacial score (nSPS) is 18.5. The van der Waals surface area contributed by atoms with E-state index >= 15 is 0 Å². The van der Waals surface area contributed by atoms with Crippen LogP contribution in [0.1, 0.15) is 77.2 Å². The van der Waals surface area contributed by atoms with Gasteiger partial charge < -0.3 is 18.3 Å². The van der Waals surface area contributed by atoms with Crippen LogP contribution in [0.2, 0.25) is 26.2 Å². The Morgan fingerprint density at radius 3 is 1.94 bits per heavy atom. The Bertz CT molecular complexity index is 726. The second-order valence-electron chi connectivity index (χ2n) is 11.6. The quantitative estimate of drug-likeness (QED) is 0.456. The van der Waals surface area contributed by atoms with E-state index in [1.807, 2.05) is 7.11 Å². The molecule has 1 aromatic rings. The summed E-state index contributed by atoms with van der Waals surface area (Å²) in [5.74, 6) is 1.02. The van der Waals surface area contributed by atoms with Crippen molar-refractivity contribution in [3.63, 3.8) is 0 Å². The molecule has 0 N–H and O–H groups in total. The minimum absolute atomic E-state index is 0.0220. The fourth-order valence-corrected chi connectivity index (χ4v) is 6.31. The topological polar surface area (TPSA) is 36.9 Å². The highest BCUT2D eigenvalue weighted by molar-refractivity contribution is 6.49. The van der Waals surface area contributed by atoms with E-state index < -0.39 is 18.1 Å². The third-order valence-electron chi connectivity index (χ3n) is 6.00. The van der Waals surface area contributed by atoms with Crippen molar-refractivity contribution < 1.29 is 18.3 Å². The third kappa shape index (κ3) is 6.23. The summed E-state index contributed by atoms with van der Waals surface area (Å²) in [6, 6.07) is 4.57. The molecular weight excluding hydrogens is 420 g/mol. The molecule has 4 nitrogen and oxygen atoms in total. The average molecular weight is 467 g/mol. The number of ether oxygens (including phenoxy) is 2. The maximum absolute atomic E-state index is 6.80. The van der Waals surface area contributed by atoms with Crippen molar-refractivity contribution in [3.05, 3.63) is 28.8 Å². The number of hydrogen-bond donors (Lipinski definition) is 0. The highest BCUT2D eigenvalue weighted by Gasteiger charge is 2.42. The molecular formula is C25H46O4Si2. The predicted molar refractivity (Wildman–Crippen MR) is 136 cm³/mol. The van der Waals surface area contributed by atoms with E-state index in [4.69, 9.17) is 18.3 Å². The van der Waals surface area contributed by atoms with Crippen molar-refractivity contribution in [2.24, 2.45) is 5.41 Å². The lowest BCUT2D eigenvalue weighted by atomic mass is 9.73. The summed E-state index contributed by atoms with van der Waals surface area (Å²) < 4.78 is 25.5. The van der Waals surface area contributed by atoms with E-state index in [1.165, 1.54) is 16.7 Å². The van der Waals surface area contributed by atoms with Gasteiger partial charge >= 0.3 is 0 Å².